The summed E-state index contributed by atoms with van der Waals surface area (Å²) in [6, 6.07) is 8.06. The maximum atomic E-state index is 12.3. The van der Waals surface area contributed by atoms with Gasteiger partial charge in [0.15, 0.2) is 6.23 Å². The van der Waals surface area contributed by atoms with E-state index in [-0.39, 0.29) is 12.3 Å². The lowest BCUT2D eigenvalue weighted by atomic mass is 9.67. The van der Waals surface area contributed by atoms with E-state index in [0.29, 0.717) is 5.92 Å². The van der Waals surface area contributed by atoms with Crippen LogP contribution < -0.4 is 5.32 Å². The molecule has 6 rings (SSSR count). The van der Waals surface area contributed by atoms with Crippen LogP contribution >= 0.6 is 11.3 Å². The van der Waals surface area contributed by atoms with E-state index in [1.165, 1.54) is 24.0 Å². The molecular weight excluding hydrogens is 308 g/mol. The van der Waals surface area contributed by atoms with E-state index in [2.05, 4.69) is 21.7 Å². The van der Waals surface area contributed by atoms with Crippen LogP contribution in [-0.4, -0.2) is 30.3 Å². The summed E-state index contributed by atoms with van der Waals surface area (Å²) < 4.78 is 7.04. The van der Waals surface area contributed by atoms with Gasteiger partial charge < -0.3 is 4.74 Å². The van der Waals surface area contributed by atoms with Crippen molar-refractivity contribution in [3.63, 3.8) is 0 Å². The minimum atomic E-state index is -0.322. The molecule has 4 fully saturated rings. The number of carbonyl (C=O) groups is 1. The van der Waals surface area contributed by atoms with Gasteiger partial charge in [0.2, 0.25) is 0 Å². The molecule has 1 aliphatic carbocycles. The second-order valence-corrected chi connectivity index (χ2v) is 8.19. The van der Waals surface area contributed by atoms with Crippen molar-refractivity contribution in [1.82, 2.24) is 4.90 Å². The van der Waals surface area contributed by atoms with Gasteiger partial charge in [-0.3, -0.25) is 10.2 Å². The van der Waals surface area contributed by atoms with E-state index in [0.717, 1.165) is 36.0 Å². The molecule has 4 nitrogen and oxygen atoms in total. The number of nitrogens with zero attached hydrogens (tertiary/aromatic N) is 1. The van der Waals surface area contributed by atoms with Crippen molar-refractivity contribution in [1.29, 1.82) is 0 Å². The summed E-state index contributed by atoms with van der Waals surface area (Å²) in [5, 5.41) is 6.12. The number of thiophene rings is 1. The first-order valence-electron chi connectivity index (χ1n) is 8.43. The van der Waals surface area contributed by atoms with Crippen LogP contribution in [0, 0.1) is 17.8 Å². The Morgan fingerprint density at radius 1 is 1.17 bits per heavy atom. The smallest absolute Gasteiger partial charge is 0.413 e. The maximum absolute atomic E-state index is 12.3. The van der Waals surface area contributed by atoms with Gasteiger partial charge in [-0.05, 0) is 66.1 Å². The molecule has 4 bridgehead atoms. The molecule has 3 atom stereocenters. The third kappa shape index (κ3) is 2.42. The van der Waals surface area contributed by atoms with Crippen molar-refractivity contribution in [2.75, 3.05) is 18.4 Å². The van der Waals surface area contributed by atoms with Crippen molar-refractivity contribution in [2.45, 2.75) is 25.5 Å². The highest BCUT2D eigenvalue weighted by molar-refractivity contribution is 7.17. The Balaban J connectivity index is 1.28. The first kappa shape index (κ1) is 13.8. The third-order valence-corrected chi connectivity index (χ3v) is 6.51. The number of carbonyl (C=O) groups excluding carboxylic acids is 1. The van der Waals surface area contributed by atoms with Crippen molar-refractivity contribution in [2.24, 2.45) is 17.8 Å². The van der Waals surface area contributed by atoms with Gasteiger partial charge in [-0.1, -0.05) is 0 Å². The first-order valence-corrected chi connectivity index (χ1v) is 9.31. The molecule has 0 spiro atoms. The normalized spacial score (nSPS) is 34.7. The Morgan fingerprint density at radius 2 is 2.00 bits per heavy atom. The topological polar surface area (TPSA) is 41.6 Å². The Morgan fingerprint density at radius 3 is 2.78 bits per heavy atom. The molecule has 4 aliphatic rings. The lowest BCUT2D eigenvalue weighted by molar-refractivity contribution is -0.154. The van der Waals surface area contributed by atoms with Crippen LogP contribution in [-0.2, 0) is 4.74 Å². The highest BCUT2D eigenvalue weighted by atomic mass is 32.1. The number of nitrogens with one attached hydrogen (secondary N) is 1. The van der Waals surface area contributed by atoms with Crippen molar-refractivity contribution in [3.8, 4) is 0 Å². The summed E-state index contributed by atoms with van der Waals surface area (Å²) in [5.41, 5.74) is 0.805. The van der Waals surface area contributed by atoms with Gasteiger partial charge in [-0.25, -0.2) is 4.79 Å². The third-order valence-electron chi connectivity index (χ3n) is 5.61. The lowest BCUT2D eigenvalue weighted by Gasteiger charge is -2.55. The molecule has 23 heavy (non-hydrogen) atoms. The molecule has 120 valence electrons. The Hall–Kier alpha value is -1.59. The summed E-state index contributed by atoms with van der Waals surface area (Å²) in [5.74, 6) is 2.19. The van der Waals surface area contributed by atoms with Crippen LogP contribution in [0.3, 0.4) is 0 Å². The van der Waals surface area contributed by atoms with Gasteiger partial charge in [0.25, 0.3) is 0 Å². The summed E-state index contributed by atoms with van der Waals surface area (Å²) >= 11 is 1.71. The number of amides is 1. The van der Waals surface area contributed by atoms with Crippen LogP contribution in [0.2, 0.25) is 0 Å². The quantitative estimate of drug-likeness (QED) is 0.901. The van der Waals surface area contributed by atoms with Crippen LogP contribution in [0.5, 0.6) is 0 Å². The summed E-state index contributed by atoms with van der Waals surface area (Å²) in [6.45, 7) is 2.21. The first-order chi connectivity index (χ1) is 11.2. The molecule has 5 heteroatoms. The predicted octanol–water partition coefficient (Wildman–Crippen LogP) is 4.14. The van der Waals surface area contributed by atoms with Crippen LogP contribution in [0.25, 0.3) is 10.1 Å². The number of hydrogen-bond acceptors (Lipinski definition) is 4. The average molecular weight is 328 g/mol. The van der Waals surface area contributed by atoms with Crippen molar-refractivity contribution < 1.29 is 9.53 Å². The lowest BCUT2D eigenvalue weighted by Crippen LogP contribution is -2.60. The van der Waals surface area contributed by atoms with E-state index < -0.39 is 0 Å². The van der Waals surface area contributed by atoms with Gasteiger partial charge in [-0.2, -0.15) is 0 Å². The monoisotopic (exact) mass is 328 g/mol. The highest BCUT2D eigenvalue weighted by Gasteiger charge is 2.48. The molecule has 1 N–H and O–H groups in total. The van der Waals surface area contributed by atoms with E-state index in [1.54, 1.807) is 11.3 Å². The zero-order valence-corrected chi connectivity index (χ0v) is 13.7. The molecule has 3 saturated heterocycles. The number of piperidine rings is 3. The van der Waals surface area contributed by atoms with Gasteiger partial charge >= 0.3 is 6.09 Å². The number of ether oxygens (including phenoxy) is 1. The molecule has 0 unspecified atom stereocenters. The van der Waals surface area contributed by atoms with Crippen molar-refractivity contribution >= 4 is 33.2 Å². The second-order valence-electron chi connectivity index (χ2n) is 7.25. The predicted molar refractivity (Wildman–Crippen MR) is 91.6 cm³/mol. The van der Waals surface area contributed by atoms with Crippen LogP contribution in [0.1, 0.15) is 19.3 Å². The van der Waals surface area contributed by atoms with Crippen LogP contribution in [0.4, 0.5) is 10.5 Å². The molecule has 1 aromatic carbocycles. The standard InChI is InChI=1S/C18H20N2O2S/c21-18(19-15-1-2-16-13(8-15)3-4-23-16)22-17-14-6-11-5-12(7-14)10-20(17)9-11/h1-4,8,11-12,14,17H,5-7,9-10H2,(H,19,21)/t11-,12-,17-/m0/s1. The number of fused-ring (bicyclic) bond motifs is 1. The molecule has 3 aliphatic heterocycles. The molecule has 2 aromatic rings. The number of benzene rings is 1. The number of rotatable bonds is 2. The second kappa shape index (κ2) is 5.21. The minimum absolute atomic E-state index is 0.0207. The summed E-state index contributed by atoms with van der Waals surface area (Å²) in [4.78, 5) is 14.7. The van der Waals surface area contributed by atoms with Gasteiger partial charge in [0.1, 0.15) is 0 Å². The van der Waals surface area contributed by atoms with Crippen molar-refractivity contribution in [3.05, 3.63) is 29.6 Å². The van der Waals surface area contributed by atoms with Gasteiger partial charge in [0, 0.05) is 29.4 Å². The number of hydrogen-bond donors (Lipinski definition) is 1. The summed E-state index contributed by atoms with van der Waals surface area (Å²) in [6.07, 6.45) is 3.49. The zero-order chi connectivity index (χ0) is 15.4. The average Bonchev–Trinajstić information content (AvgIpc) is 2.98. The fourth-order valence-corrected chi connectivity index (χ4v) is 5.63. The fraction of sp³-hybridized carbons (Fsp3) is 0.500. The molecule has 4 heterocycles. The highest BCUT2D eigenvalue weighted by Crippen LogP contribution is 2.46. The molecular formula is C18H20N2O2S. The molecule has 0 radical (unpaired) electrons. The Labute approximate surface area is 139 Å². The summed E-state index contributed by atoms with van der Waals surface area (Å²) in [7, 11) is 0. The zero-order valence-electron chi connectivity index (χ0n) is 12.9. The van der Waals surface area contributed by atoms with Gasteiger partial charge in [-0.15, -0.1) is 11.3 Å². The van der Waals surface area contributed by atoms with Crippen LogP contribution in [0.15, 0.2) is 29.6 Å². The Bertz CT molecular complexity index is 728. The van der Waals surface area contributed by atoms with E-state index in [1.807, 2.05) is 18.2 Å². The molecule has 1 amide bonds. The van der Waals surface area contributed by atoms with E-state index in [9.17, 15) is 4.79 Å². The van der Waals surface area contributed by atoms with E-state index >= 15 is 0 Å². The fourth-order valence-electron chi connectivity index (χ4n) is 4.86. The molecule has 1 aromatic heterocycles. The maximum Gasteiger partial charge on any atom is 0.413 e. The SMILES string of the molecule is O=C(Nc1ccc2sccc2c1)O[C@H]1C2C[C@@H]3C[C@@H](C2)CN1C3. The molecule has 1 saturated carbocycles. The minimum Gasteiger partial charge on any atom is -0.430 e. The Kier molecular flexibility index (Phi) is 3.13. The van der Waals surface area contributed by atoms with E-state index in [4.69, 9.17) is 4.74 Å². The largest absolute Gasteiger partial charge is 0.430 e. The van der Waals surface area contributed by atoms with Gasteiger partial charge in [0.05, 0.1) is 0 Å². The number of anilines is 1.